The van der Waals surface area contributed by atoms with Crippen LogP contribution in [0.4, 0.5) is 0 Å². The third kappa shape index (κ3) is 3.98. The Kier molecular flexibility index (Phi) is 6.06. The van der Waals surface area contributed by atoms with Crippen LogP contribution in [-0.2, 0) is 9.53 Å². The molecule has 1 unspecified atom stereocenters. The van der Waals surface area contributed by atoms with E-state index in [0.717, 1.165) is 25.7 Å². The average molecular weight is 296 g/mol. The first-order chi connectivity index (χ1) is 10.1. The Balaban J connectivity index is 2.12. The van der Waals surface area contributed by atoms with Crippen molar-refractivity contribution < 1.29 is 9.53 Å². The molecule has 2 aliphatic carbocycles. The molecule has 1 atom stereocenters. The van der Waals surface area contributed by atoms with Crippen molar-refractivity contribution in [1.82, 2.24) is 4.90 Å². The van der Waals surface area contributed by atoms with Crippen LogP contribution in [0.3, 0.4) is 0 Å². The van der Waals surface area contributed by atoms with Crippen LogP contribution in [0.25, 0.3) is 0 Å². The summed E-state index contributed by atoms with van der Waals surface area (Å²) in [6, 6.07) is 0.333. The van der Waals surface area contributed by atoms with Gasteiger partial charge in [-0.15, -0.1) is 0 Å². The fourth-order valence-electron chi connectivity index (χ4n) is 3.73. The maximum Gasteiger partial charge on any atom is 0.230 e. The molecule has 2 aliphatic rings. The first-order valence-corrected chi connectivity index (χ1v) is 8.65. The molecular formula is C17H32N2O2. The lowest BCUT2D eigenvalue weighted by atomic mass is 9.78. The number of hydrogen-bond donors (Lipinski definition) is 1. The number of ether oxygens (including phenoxy) is 1. The quantitative estimate of drug-likeness (QED) is 0.735. The number of amides is 1. The lowest BCUT2D eigenvalue weighted by molar-refractivity contribution is -0.146. The van der Waals surface area contributed by atoms with Gasteiger partial charge in [-0.25, -0.2) is 0 Å². The highest BCUT2D eigenvalue weighted by atomic mass is 16.5. The molecule has 0 spiro atoms. The summed E-state index contributed by atoms with van der Waals surface area (Å²) in [6.45, 7) is 4.01. The predicted octanol–water partition coefficient (Wildman–Crippen LogP) is 2.56. The zero-order valence-corrected chi connectivity index (χ0v) is 13.8. The second-order valence-electron chi connectivity index (χ2n) is 6.97. The van der Waals surface area contributed by atoms with Gasteiger partial charge in [0.1, 0.15) is 0 Å². The van der Waals surface area contributed by atoms with E-state index < -0.39 is 0 Å². The van der Waals surface area contributed by atoms with Gasteiger partial charge in [0, 0.05) is 26.2 Å². The van der Waals surface area contributed by atoms with Gasteiger partial charge in [0.2, 0.25) is 5.91 Å². The highest BCUT2D eigenvalue weighted by Crippen LogP contribution is 2.40. The molecule has 0 bridgehead atoms. The van der Waals surface area contributed by atoms with Crippen molar-refractivity contribution in [2.75, 3.05) is 26.8 Å². The predicted molar refractivity (Wildman–Crippen MR) is 85.0 cm³/mol. The zero-order chi connectivity index (χ0) is 15.3. The van der Waals surface area contributed by atoms with Gasteiger partial charge >= 0.3 is 0 Å². The third-order valence-corrected chi connectivity index (χ3v) is 5.50. The zero-order valence-electron chi connectivity index (χ0n) is 13.8. The maximum atomic E-state index is 13.3. The molecule has 4 nitrogen and oxygen atoms in total. The number of hydrogen-bond acceptors (Lipinski definition) is 3. The molecule has 21 heavy (non-hydrogen) atoms. The molecule has 0 aromatic carbocycles. The van der Waals surface area contributed by atoms with E-state index >= 15 is 0 Å². The molecular weight excluding hydrogens is 264 g/mol. The highest BCUT2D eigenvalue weighted by Gasteiger charge is 2.43. The Morgan fingerprint density at radius 3 is 2.38 bits per heavy atom. The van der Waals surface area contributed by atoms with Crippen molar-refractivity contribution >= 4 is 5.91 Å². The van der Waals surface area contributed by atoms with E-state index in [-0.39, 0.29) is 5.41 Å². The van der Waals surface area contributed by atoms with Crippen LogP contribution in [0, 0.1) is 11.3 Å². The summed E-state index contributed by atoms with van der Waals surface area (Å²) in [5.74, 6) is 0.981. The molecule has 0 aromatic rings. The summed E-state index contributed by atoms with van der Waals surface area (Å²) in [5, 5.41) is 0. The summed E-state index contributed by atoms with van der Waals surface area (Å²) in [7, 11) is 1.70. The molecule has 2 rings (SSSR count). The summed E-state index contributed by atoms with van der Waals surface area (Å²) in [6.07, 6.45) is 9.20. The molecule has 4 heteroatoms. The van der Waals surface area contributed by atoms with E-state index in [9.17, 15) is 4.79 Å². The molecule has 2 fully saturated rings. The van der Waals surface area contributed by atoms with Crippen LogP contribution in [0.2, 0.25) is 0 Å². The maximum absolute atomic E-state index is 13.3. The molecule has 0 radical (unpaired) electrons. The second-order valence-corrected chi connectivity index (χ2v) is 6.97. The van der Waals surface area contributed by atoms with E-state index in [0.29, 0.717) is 37.6 Å². The van der Waals surface area contributed by atoms with Gasteiger partial charge in [-0.1, -0.05) is 25.7 Å². The molecule has 2 N–H and O–H groups in total. The topological polar surface area (TPSA) is 55.6 Å². The molecule has 2 saturated carbocycles. The molecule has 0 aliphatic heterocycles. The van der Waals surface area contributed by atoms with Crippen LogP contribution < -0.4 is 5.73 Å². The van der Waals surface area contributed by atoms with Crippen molar-refractivity contribution in [3.63, 3.8) is 0 Å². The van der Waals surface area contributed by atoms with Gasteiger partial charge < -0.3 is 15.4 Å². The Morgan fingerprint density at radius 1 is 1.29 bits per heavy atom. The van der Waals surface area contributed by atoms with Crippen LogP contribution in [0.1, 0.15) is 58.3 Å². The fourth-order valence-corrected chi connectivity index (χ4v) is 3.73. The minimum atomic E-state index is -0.312. The van der Waals surface area contributed by atoms with Crippen molar-refractivity contribution in [2.45, 2.75) is 64.3 Å². The van der Waals surface area contributed by atoms with E-state index in [4.69, 9.17) is 10.5 Å². The van der Waals surface area contributed by atoms with Crippen molar-refractivity contribution in [1.29, 1.82) is 0 Å². The van der Waals surface area contributed by atoms with E-state index in [1.807, 2.05) is 0 Å². The van der Waals surface area contributed by atoms with Crippen molar-refractivity contribution in [2.24, 2.45) is 17.1 Å². The standard InChI is InChI=1S/C17H32N2O2/c1-14(15-7-8-15)19(11-12-21-2)16(20)17(13-18)9-5-3-4-6-10-17/h14-15H,3-13,18H2,1-2H3. The van der Waals surface area contributed by atoms with Gasteiger partial charge in [-0.05, 0) is 38.5 Å². The van der Waals surface area contributed by atoms with Gasteiger partial charge in [0.15, 0.2) is 0 Å². The Hall–Kier alpha value is -0.610. The Bertz CT molecular complexity index is 334. The number of carbonyl (C=O) groups excluding carboxylic acids is 1. The van der Waals surface area contributed by atoms with E-state index in [2.05, 4.69) is 11.8 Å². The first kappa shape index (κ1) is 16.8. The molecule has 1 amide bonds. The number of nitrogens with zero attached hydrogens (tertiary/aromatic N) is 1. The number of carbonyl (C=O) groups is 1. The minimum Gasteiger partial charge on any atom is -0.383 e. The third-order valence-electron chi connectivity index (χ3n) is 5.50. The molecule has 0 heterocycles. The second kappa shape index (κ2) is 7.59. The smallest absolute Gasteiger partial charge is 0.230 e. The molecule has 122 valence electrons. The van der Waals surface area contributed by atoms with Crippen LogP contribution in [0.15, 0.2) is 0 Å². The normalized spacial score (nSPS) is 23.4. The lowest BCUT2D eigenvalue weighted by Gasteiger charge is -2.39. The number of methoxy groups -OCH3 is 1. The van der Waals surface area contributed by atoms with Crippen molar-refractivity contribution in [3.05, 3.63) is 0 Å². The molecule has 0 saturated heterocycles. The summed E-state index contributed by atoms with van der Waals surface area (Å²) < 4.78 is 5.23. The Labute approximate surface area is 129 Å². The average Bonchev–Trinajstić information content (AvgIpc) is 3.33. The SMILES string of the molecule is COCCN(C(=O)C1(CN)CCCCCC1)C(C)C1CC1. The summed E-state index contributed by atoms with van der Waals surface area (Å²) in [5.41, 5.74) is 5.78. The number of nitrogens with two attached hydrogens (primary N) is 1. The minimum absolute atomic E-state index is 0.295. The van der Waals surface area contributed by atoms with Crippen LogP contribution >= 0.6 is 0 Å². The van der Waals surface area contributed by atoms with E-state index in [1.165, 1.54) is 25.7 Å². The molecule has 0 aromatic heterocycles. The Morgan fingerprint density at radius 2 is 1.90 bits per heavy atom. The largest absolute Gasteiger partial charge is 0.383 e. The van der Waals surface area contributed by atoms with Crippen LogP contribution in [0.5, 0.6) is 0 Å². The van der Waals surface area contributed by atoms with Gasteiger partial charge in [-0.2, -0.15) is 0 Å². The van der Waals surface area contributed by atoms with Gasteiger partial charge in [-0.3, -0.25) is 4.79 Å². The monoisotopic (exact) mass is 296 g/mol. The lowest BCUT2D eigenvalue weighted by Crippen LogP contribution is -2.52. The van der Waals surface area contributed by atoms with Crippen LogP contribution in [-0.4, -0.2) is 43.7 Å². The van der Waals surface area contributed by atoms with Crippen molar-refractivity contribution in [3.8, 4) is 0 Å². The number of rotatable bonds is 7. The first-order valence-electron chi connectivity index (χ1n) is 8.65. The summed E-state index contributed by atoms with van der Waals surface area (Å²) in [4.78, 5) is 15.4. The fraction of sp³-hybridized carbons (Fsp3) is 0.941. The highest BCUT2D eigenvalue weighted by molar-refractivity contribution is 5.83. The van der Waals surface area contributed by atoms with E-state index in [1.54, 1.807) is 7.11 Å². The summed E-state index contributed by atoms with van der Waals surface area (Å²) >= 11 is 0. The van der Waals surface area contributed by atoms with Gasteiger partial charge in [0.05, 0.1) is 12.0 Å². The van der Waals surface area contributed by atoms with Gasteiger partial charge in [0.25, 0.3) is 0 Å².